The van der Waals surface area contributed by atoms with Crippen LogP contribution in [0, 0.1) is 0 Å². The molecule has 2 heterocycles. The normalized spacial score (nSPS) is 20.0. The van der Waals surface area contributed by atoms with E-state index >= 15 is 0 Å². The average Bonchev–Trinajstić information content (AvgIpc) is 3.23. The van der Waals surface area contributed by atoms with Crippen molar-refractivity contribution in [1.82, 2.24) is 9.47 Å². The van der Waals surface area contributed by atoms with E-state index in [0.717, 1.165) is 6.54 Å². The number of nitrogens with zero attached hydrogens (tertiary/aromatic N) is 2. The molecule has 3 rings (SSSR count). The Morgan fingerprint density at radius 1 is 1.32 bits per heavy atom. The van der Waals surface area contributed by atoms with Crippen LogP contribution in [0.25, 0.3) is 0 Å². The van der Waals surface area contributed by atoms with Crippen LogP contribution in [0.15, 0.2) is 47.5 Å². The predicted molar refractivity (Wildman–Crippen MR) is 103 cm³/mol. The Morgan fingerprint density at radius 3 is 2.72 bits per heavy atom. The highest BCUT2D eigenvalue weighted by Crippen LogP contribution is 2.19. The fourth-order valence-electron chi connectivity index (χ4n) is 3.74. The number of nitrogens with one attached hydrogen (secondary N) is 1. The van der Waals surface area contributed by atoms with Gasteiger partial charge in [-0.05, 0) is 36.1 Å². The topological polar surface area (TPSA) is 29.7 Å². The van der Waals surface area contributed by atoms with Crippen molar-refractivity contribution in [2.45, 2.75) is 30.3 Å². The van der Waals surface area contributed by atoms with E-state index in [2.05, 4.69) is 60.5 Å². The Morgan fingerprint density at radius 2 is 2.08 bits per heavy atom. The van der Waals surface area contributed by atoms with Gasteiger partial charge in [0.15, 0.2) is 6.54 Å². The van der Waals surface area contributed by atoms with Gasteiger partial charge in [-0.15, -0.1) is 11.8 Å². The molecule has 1 saturated heterocycles. The van der Waals surface area contributed by atoms with E-state index < -0.39 is 0 Å². The summed E-state index contributed by atoms with van der Waals surface area (Å²) in [5.41, 5.74) is 2.53. The molecule has 1 amide bonds. The van der Waals surface area contributed by atoms with Crippen LogP contribution >= 0.6 is 11.8 Å². The van der Waals surface area contributed by atoms with Gasteiger partial charge in [0.1, 0.15) is 6.04 Å². The van der Waals surface area contributed by atoms with Crippen molar-refractivity contribution in [1.29, 1.82) is 0 Å². The molecule has 1 aromatic heterocycles. The molecule has 0 radical (unpaired) electrons. The molecule has 1 N–H and O–H groups in total. The lowest BCUT2D eigenvalue weighted by molar-refractivity contribution is -0.911. The zero-order chi connectivity index (χ0) is 17.8. The van der Waals surface area contributed by atoms with Crippen LogP contribution in [0.1, 0.15) is 30.1 Å². The first-order chi connectivity index (χ1) is 12.1. The Labute approximate surface area is 154 Å². The quantitative estimate of drug-likeness (QED) is 0.802. The molecule has 2 atom stereocenters. The lowest BCUT2D eigenvalue weighted by atomic mass is 10.1. The van der Waals surface area contributed by atoms with Crippen LogP contribution in [0.3, 0.4) is 0 Å². The summed E-state index contributed by atoms with van der Waals surface area (Å²) in [4.78, 5) is 17.2. The molecular weight excluding hydrogens is 330 g/mol. The summed E-state index contributed by atoms with van der Waals surface area (Å²) >= 11 is 1.74. The Balaban J connectivity index is 1.59. The highest BCUT2D eigenvalue weighted by atomic mass is 32.2. The molecule has 1 aliphatic heterocycles. The van der Waals surface area contributed by atoms with E-state index in [1.165, 1.54) is 33.9 Å². The van der Waals surface area contributed by atoms with Crippen molar-refractivity contribution < 1.29 is 9.69 Å². The van der Waals surface area contributed by atoms with Gasteiger partial charge in [-0.1, -0.05) is 12.1 Å². The molecule has 1 aromatic carbocycles. The Hall–Kier alpha value is -1.72. The average molecular weight is 359 g/mol. The third kappa shape index (κ3) is 4.28. The van der Waals surface area contributed by atoms with Gasteiger partial charge < -0.3 is 14.4 Å². The van der Waals surface area contributed by atoms with Crippen LogP contribution in [-0.4, -0.2) is 41.8 Å². The first-order valence-electron chi connectivity index (χ1n) is 8.91. The van der Waals surface area contributed by atoms with Crippen molar-refractivity contribution >= 4 is 17.7 Å². The minimum Gasteiger partial charge on any atom is -0.350 e. The van der Waals surface area contributed by atoms with Gasteiger partial charge in [0, 0.05) is 44.6 Å². The summed E-state index contributed by atoms with van der Waals surface area (Å²) in [5.74, 6) is 0.227. The minimum absolute atomic E-state index is 0.227. The van der Waals surface area contributed by atoms with Gasteiger partial charge in [0.2, 0.25) is 0 Å². The highest BCUT2D eigenvalue weighted by Gasteiger charge is 2.33. The van der Waals surface area contributed by atoms with Crippen LogP contribution < -0.4 is 4.90 Å². The highest BCUT2D eigenvalue weighted by molar-refractivity contribution is 7.98. The summed E-state index contributed by atoms with van der Waals surface area (Å²) in [7, 11) is 4.01. The third-order valence-electron chi connectivity index (χ3n) is 5.21. The zero-order valence-electron chi connectivity index (χ0n) is 15.4. The van der Waals surface area contributed by atoms with E-state index in [1.807, 2.05) is 11.9 Å². The van der Waals surface area contributed by atoms with E-state index in [-0.39, 0.29) is 5.91 Å². The monoisotopic (exact) mass is 358 g/mol. The molecule has 0 spiro atoms. The number of aryl methyl sites for hydroxylation is 1. The molecule has 0 bridgehead atoms. The lowest BCUT2D eigenvalue weighted by Crippen LogP contribution is -3.11. The van der Waals surface area contributed by atoms with Gasteiger partial charge in [-0.2, -0.15) is 0 Å². The number of benzene rings is 1. The summed E-state index contributed by atoms with van der Waals surface area (Å²) in [6.45, 7) is 2.34. The third-order valence-corrected chi connectivity index (χ3v) is 5.95. The second kappa shape index (κ2) is 8.11. The number of hydrogen-bond acceptors (Lipinski definition) is 2. The second-order valence-corrected chi connectivity index (χ2v) is 7.80. The predicted octanol–water partition coefficient (Wildman–Crippen LogP) is 2.13. The minimum atomic E-state index is 0.227. The fraction of sp³-hybridized carbons (Fsp3) is 0.450. The largest absolute Gasteiger partial charge is 0.350 e. The Kier molecular flexibility index (Phi) is 5.86. The molecular formula is C20H28N3OS+. The number of likely N-dealkylation sites (tertiary alicyclic amines) is 1. The van der Waals surface area contributed by atoms with Crippen molar-refractivity contribution in [3.63, 3.8) is 0 Å². The fourth-order valence-corrected chi connectivity index (χ4v) is 4.15. The lowest BCUT2D eigenvalue weighted by Gasteiger charge is -2.24. The van der Waals surface area contributed by atoms with Crippen molar-refractivity contribution in [2.24, 2.45) is 7.05 Å². The van der Waals surface area contributed by atoms with Crippen molar-refractivity contribution in [3.05, 3.63) is 53.9 Å². The van der Waals surface area contributed by atoms with E-state index in [4.69, 9.17) is 0 Å². The second-order valence-electron chi connectivity index (χ2n) is 6.92. The van der Waals surface area contributed by atoms with Crippen molar-refractivity contribution in [2.75, 3.05) is 26.4 Å². The maximum absolute atomic E-state index is 12.7. The number of carbonyl (C=O) groups is 1. The Bertz CT molecular complexity index is 710. The first-order valence-corrected chi connectivity index (χ1v) is 10.1. The molecule has 0 saturated carbocycles. The molecule has 5 heteroatoms. The van der Waals surface area contributed by atoms with Crippen LogP contribution in [-0.2, 0) is 18.4 Å². The summed E-state index contributed by atoms with van der Waals surface area (Å²) in [6.07, 6.45) is 6.53. The number of amides is 1. The maximum atomic E-state index is 12.7. The molecule has 1 fully saturated rings. The number of rotatable bonds is 6. The van der Waals surface area contributed by atoms with E-state index in [0.29, 0.717) is 19.1 Å². The van der Waals surface area contributed by atoms with Crippen LogP contribution in [0.4, 0.5) is 0 Å². The maximum Gasteiger partial charge on any atom is 0.277 e. The van der Waals surface area contributed by atoms with Crippen LogP contribution in [0.5, 0.6) is 0 Å². The molecule has 2 aromatic rings. The van der Waals surface area contributed by atoms with Gasteiger partial charge in [-0.3, -0.25) is 4.79 Å². The van der Waals surface area contributed by atoms with E-state index in [1.54, 1.807) is 11.8 Å². The number of likely N-dealkylation sites (N-methyl/N-ethyl adjacent to an activating group) is 1. The van der Waals surface area contributed by atoms with E-state index in [9.17, 15) is 4.79 Å². The molecule has 0 aliphatic carbocycles. The van der Waals surface area contributed by atoms with Gasteiger partial charge >= 0.3 is 0 Å². The molecule has 1 aliphatic rings. The number of carbonyl (C=O) groups excluding carboxylic acids is 1. The molecule has 4 nitrogen and oxygen atoms in total. The van der Waals surface area contributed by atoms with Gasteiger partial charge in [0.25, 0.3) is 5.91 Å². The van der Waals surface area contributed by atoms with Gasteiger partial charge in [-0.25, -0.2) is 0 Å². The number of aromatic nitrogens is 1. The van der Waals surface area contributed by atoms with Gasteiger partial charge in [0.05, 0.1) is 12.2 Å². The first kappa shape index (κ1) is 18.1. The smallest absolute Gasteiger partial charge is 0.277 e. The SMILES string of the molecule is CSc1ccc(CN(C)C(=O)C[NH+]2CCC[C@H]2c2cccn2C)cc1. The summed E-state index contributed by atoms with van der Waals surface area (Å²) in [5, 5.41) is 0. The number of quaternary nitrogens is 1. The summed E-state index contributed by atoms with van der Waals surface area (Å²) in [6, 6.07) is 13.2. The molecule has 25 heavy (non-hydrogen) atoms. The summed E-state index contributed by atoms with van der Waals surface area (Å²) < 4.78 is 2.19. The standard InChI is InChI=1S/C20H27N3OS/c1-21-12-4-6-18(21)19-7-5-13-23(19)15-20(24)22(2)14-16-8-10-17(25-3)11-9-16/h4,6,8-12,19H,5,7,13-15H2,1-3H3/p+1/t19-/m0/s1. The molecule has 134 valence electrons. The van der Waals surface area contributed by atoms with Crippen molar-refractivity contribution in [3.8, 4) is 0 Å². The zero-order valence-corrected chi connectivity index (χ0v) is 16.2. The van der Waals surface area contributed by atoms with Crippen LogP contribution in [0.2, 0.25) is 0 Å². The number of thioether (sulfide) groups is 1. The number of hydrogen-bond donors (Lipinski definition) is 1. The molecule has 1 unspecified atom stereocenters.